The van der Waals surface area contributed by atoms with Crippen LogP contribution < -0.4 is 4.90 Å². The first-order valence-electron chi connectivity index (χ1n) is 15.5. The average Bonchev–Trinajstić information content (AvgIpc) is 3.68. The molecule has 10 rings (SSSR count). The van der Waals surface area contributed by atoms with Crippen molar-refractivity contribution in [2.75, 3.05) is 4.90 Å². The third-order valence-corrected chi connectivity index (χ3v) is 11.8. The molecule has 2 heteroatoms. The smallest absolute Gasteiger partial charge is 0.0820 e. The van der Waals surface area contributed by atoms with Gasteiger partial charge in [0.05, 0.1) is 16.8 Å². The lowest BCUT2D eigenvalue weighted by Gasteiger charge is -2.42. The molecule has 0 unspecified atom stereocenters. The normalized spacial score (nSPS) is 15.8. The fourth-order valence-corrected chi connectivity index (χ4v) is 10.1. The van der Waals surface area contributed by atoms with Crippen LogP contribution in [-0.4, -0.2) is 0 Å². The SMILES string of the molecule is CC1(C)c2ccccc2N(c2ccc3c(c2)C2(c4ccccc4-c4ccccc42)c2sc4ccccc4c2-3)c2ccccc21. The Morgan fingerprint density at radius 2 is 1.05 bits per heavy atom. The summed E-state index contributed by atoms with van der Waals surface area (Å²) >= 11 is 1.97. The first-order valence-corrected chi connectivity index (χ1v) is 16.3. The first-order chi connectivity index (χ1) is 21.6. The fourth-order valence-electron chi connectivity index (χ4n) is 8.62. The maximum atomic E-state index is 2.52. The van der Waals surface area contributed by atoms with Crippen molar-refractivity contribution >= 4 is 38.5 Å². The molecule has 0 atom stereocenters. The molecular formula is C42H29NS. The number of thiophene rings is 1. The predicted octanol–water partition coefficient (Wildman–Crippen LogP) is 11.4. The average molecular weight is 580 g/mol. The van der Waals surface area contributed by atoms with Gasteiger partial charge in [0.1, 0.15) is 0 Å². The van der Waals surface area contributed by atoms with Crippen LogP contribution in [0.1, 0.15) is 46.5 Å². The van der Waals surface area contributed by atoms with Crippen LogP contribution >= 0.6 is 11.3 Å². The minimum Gasteiger partial charge on any atom is -0.310 e. The molecule has 3 aliphatic rings. The van der Waals surface area contributed by atoms with E-state index in [1.54, 1.807) is 0 Å². The van der Waals surface area contributed by atoms with Crippen LogP contribution in [0, 0.1) is 0 Å². The summed E-state index contributed by atoms with van der Waals surface area (Å²) in [4.78, 5) is 3.95. The third-order valence-electron chi connectivity index (χ3n) is 10.5. The Bertz CT molecular complexity index is 2240. The Labute approximate surface area is 261 Å². The van der Waals surface area contributed by atoms with Crippen molar-refractivity contribution in [3.05, 3.63) is 172 Å². The van der Waals surface area contributed by atoms with Crippen LogP contribution in [0.15, 0.2) is 140 Å². The summed E-state index contributed by atoms with van der Waals surface area (Å²) in [6.45, 7) is 4.71. The Morgan fingerprint density at radius 1 is 0.500 bits per heavy atom. The number of hydrogen-bond acceptors (Lipinski definition) is 2. The topological polar surface area (TPSA) is 3.24 Å². The van der Waals surface area contributed by atoms with E-state index in [4.69, 9.17) is 0 Å². The van der Waals surface area contributed by atoms with E-state index in [1.165, 1.54) is 82.1 Å². The van der Waals surface area contributed by atoms with Gasteiger partial charge in [-0.3, -0.25) is 0 Å². The van der Waals surface area contributed by atoms with Gasteiger partial charge in [0, 0.05) is 31.6 Å². The summed E-state index contributed by atoms with van der Waals surface area (Å²) in [5.41, 5.74) is 15.6. The number of para-hydroxylation sites is 2. The van der Waals surface area contributed by atoms with E-state index in [-0.39, 0.29) is 10.8 Å². The predicted molar refractivity (Wildman–Crippen MR) is 185 cm³/mol. The molecule has 0 fully saturated rings. The molecular weight excluding hydrogens is 551 g/mol. The van der Waals surface area contributed by atoms with E-state index in [1.807, 2.05) is 11.3 Å². The molecule has 7 aromatic rings. The third kappa shape index (κ3) is 2.81. The molecule has 44 heavy (non-hydrogen) atoms. The Hall–Kier alpha value is -4.92. The van der Waals surface area contributed by atoms with Crippen LogP contribution in [-0.2, 0) is 10.8 Å². The maximum absolute atomic E-state index is 2.52. The van der Waals surface area contributed by atoms with E-state index in [9.17, 15) is 0 Å². The Balaban J connectivity index is 1.32. The lowest BCUT2D eigenvalue weighted by atomic mass is 9.72. The summed E-state index contributed by atoms with van der Waals surface area (Å²) in [6.07, 6.45) is 0. The van der Waals surface area contributed by atoms with Crippen molar-refractivity contribution in [3.63, 3.8) is 0 Å². The largest absolute Gasteiger partial charge is 0.310 e. The van der Waals surface area contributed by atoms with Crippen LogP contribution in [0.25, 0.3) is 32.3 Å². The Kier molecular flexibility index (Phi) is 4.66. The summed E-state index contributed by atoms with van der Waals surface area (Å²) < 4.78 is 1.36. The highest BCUT2D eigenvalue weighted by Crippen LogP contribution is 2.66. The van der Waals surface area contributed by atoms with Gasteiger partial charge in [0.2, 0.25) is 0 Å². The Morgan fingerprint density at radius 3 is 1.70 bits per heavy atom. The molecule has 0 saturated heterocycles. The number of anilines is 3. The quantitative estimate of drug-likeness (QED) is 0.187. The van der Waals surface area contributed by atoms with Crippen molar-refractivity contribution < 1.29 is 0 Å². The minimum absolute atomic E-state index is 0.0892. The zero-order valence-electron chi connectivity index (χ0n) is 24.6. The van der Waals surface area contributed by atoms with Crippen LogP contribution in [0.3, 0.4) is 0 Å². The zero-order chi connectivity index (χ0) is 29.2. The standard InChI is InChI=1S/C42H29NS/c1-41(2)33-18-8-10-20-36(33)43(37-21-11-9-19-34(37)41)26-23-24-29-35(25-26)42(40-39(29)30-15-5-12-22-38(30)44-40)31-16-6-3-13-27(31)28-14-4-7-17-32(28)42/h3-25H,1-2H3. The summed E-state index contributed by atoms with van der Waals surface area (Å²) in [5.74, 6) is 0. The van der Waals surface area contributed by atoms with E-state index in [0.29, 0.717) is 0 Å². The van der Waals surface area contributed by atoms with Gasteiger partial charge in [-0.05, 0) is 74.8 Å². The fraction of sp³-hybridized carbons (Fsp3) is 0.0952. The second-order valence-electron chi connectivity index (χ2n) is 12.9. The van der Waals surface area contributed by atoms with Gasteiger partial charge in [0.25, 0.3) is 0 Å². The molecule has 1 spiro atoms. The van der Waals surface area contributed by atoms with Crippen molar-refractivity contribution in [2.24, 2.45) is 0 Å². The number of hydrogen-bond donors (Lipinski definition) is 0. The lowest BCUT2D eigenvalue weighted by Crippen LogP contribution is -2.31. The molecule has 0 bridgehead atoms. The highest BCUT2D eigenvalue weighted by atomic mass is 32.1. The highest BCUT2D eigenvalue weighted by molar-refractivity contribution is 7.20. The monoisotopic (exact) mass is 579 g/mol. The van der Waals surface area contributed by atoms with E-state index in [2.05, 4.69) is 158 Å². The summed E-state index contributed by atoms with van der Waals surface area (Å²) in [6, 6.07) is 52.4. The molecule has 2 aliphatic carbocycles. The van der Waals surface area contributed by atoms with Crippen molar-refractivity contribution in [2.45, 2.75) is 24.7 Å². The molecule has 6 aromatic carbocycles. The molecule has 208 valence electrons. The molecule has 1 aliphatic heterocycles. The second kappa shape index (κ2) is 8.37. The molecule has 0 radical (unpaired) electrons. The van der Waals surface area contributed by atoms with Crippen LogP contribution in [0.4, 0.5) is 17.1 Å². The van der Waals surface area contributed by atoms with Crippen molar-refractivity contribution in [1.82, 2.24) is 0 Å². The minimum atomic E-state index is -0.356. The molecule has 0 saturated carbocycles. The number of rotatable bonds is 1. The summed E-state index contributed by atoms with van der Waals surface area (Å²) in [7, 11) is 0. The van der Waals surface area contributed by atoms with E-state index in [0.717, 1.165) is 0 Å². The molecule has 1 aromatic heterocycles. The van der Waals surface area contributed by atoms with Gasteiger partial charge in [-0.15, -0.1) is 11.3 Å². The van der Waals surface area contributed by atoms with E-state index < -0.39 is 0 Å². The molecule has 0 N–H and O–H groups in total. The van der Waals surface area contributed by atoms with E-state index >= 15 is 0 Å². The van der Waals surface area contributed by atoms with Gasteiger partial charge < -0.3 is 4.90 Å². The van der Waals surface area contributed by atoms with Crippen LogP contribution in [0.2, 0.25) is 0 Å². The highest BCUT2D eigenvalue weighted by Gasteiger charge is 2.53. The molecule has 2 heterocycles. The van der Waals surface area contributed by atoms with Gasteiger partial charge in [-0.1, -0.05) is 123 Å². The maximum Gasteiger partial charge on any atom is 0.0820 e. The van der Waals surface area contributed by atoms with Gasteiger partial charge in [-0.25, -0.2) is 0 Å². The van der Waals surface area contributed by atoms with Gasteiger partial charge in [0.15, 0.2) is 0 Å². The lowest BCUT2D eigenvalue weighted by molar-refractivity contribution is 0.632. The first kappa shape index (κ1) is 24.5. The van der Waals surface area contributed by atoms with Gasteiger partial charge in [-0.2, -0.15) is 0 Å². The van der Waals surface area contributed by atoms with Crippen LogP contribution in [0.5, 0.6) is 0 Å². The van der Waals surface area contributed by atoms with Crippen molar-refractivity contribution in [3.8, 4) is 22.3 Å². The second-order valence-corrected chi connectivity index (χ2v) is 13.9. The summed E-state index contributed by atoms with van der Waals surface area (Å²) in [5, 5.41) is 1.36. The molecule has 1 nitrogen and oxygen atoms in total. The number of benzene rings is 6. The zero-order valence-corrected chi connectivity index (χ0v) is 25.5. The van der Waals surface area contributed by atoms with Gasteiger partial charge >= 0.3 is 0 Å². The molecule has 0 amide bonds. The number of fused-ring (bicyclic) bond motifs is 14. The van der Waals surface area contributed by atoms with Crippen molar-refractivity contribution in [1.29, 1.82) is 0 Å². The number of nitrogens with zero attached hydrogens (tertiary/aromatic N) is 1.